The van der Waals surface area contributed by atoms with E-state index in [4.69, 9.17) is 4.74 Å². The molecule has 1 aliphatic heterocycles. The maximum Gasteiger partial charge on any atom is 0.357 e. The average Bonchev–Trinajstić information content (AvgIpc) is 2.94. The second kappa shape index (κ2) is 5.25. The summed E-state index contributed by atoms with van der Waals surface area (Å²) in [6.07, 6.45) is 6.03. The predicted molar refractivity (Wildman–Crippen MR) is 69.7 cm³/mol. The minimum absolute atomic E-state index is 0.348. The number of nitrogens with one attached hydrogen (secondary N) is 1. The van der Waals surface area contributed by atoms with Crippen molar-refractivity contribution in [1.82, 2.24) is 15.3 Å². The van der Waals surface area contributed by atoms with E-state index in [1.807, 2.05) is 0 Å². The van der Waals surface area contributed by atoms with Gasteiger partial charge in [-0.25, -0.2) is 14.8 Å². The summed E-state index contributed by atoms with van der Waals surface area (Å²) in [7, 11) is 1.40. The van der Waals surface area contributed by atoms with Gasteiger partial charge in [-0.05, 0) is 12.8 Å². The SMILES string of the molecule is COC(=O)c1nc(C2CCCCC2)nc2c1CNC2. The van der Waals surface area contributed by atoms with Gasteiger partial charge in [0.2, 0.25) is 0 Å². The third-order valence-electron chi connectivity index (χ3n) is 4.05. The molecule has 0 unspecified atom stereocenters. The van der Waals surface area contributed by atoms with E-state index in [9.17, 15) is 4.79 Å². The van der Waals surface area contributed by atoms with E-state index in [2.05, 4.69) is 15.3 Å². The van der Waals surface area contributed by atoms with Gasteiger partial charge in [-0.3, -0.25) is 0 Å². The Morgan fingerprint density at radius 2 is 2.00 bits per heavy atom. The molecule has 102 valence electrons. The van der Waals surface area contributed by atoms with Crippen LogP contribution in [0.4, 0.5) is 0 Å². The molecular formula is C14H19N3O2. The number of esters is 1. The van der Waals surface area contributed by atoms with E-state index in [1.54, 1.807) is 0 Å². The van der Waals surface area contributed by atoms with Gasteiger partial charge in [-0.1, -0.05) is 19.3 Å². The van der Waals surface area contributed by atoms with Gasteiger partial charge in [-0.2, -0.15) is 0 Å². The van der Waals surface area contributed by atoms with Crippen LogP contribution in [-0.4, -0.2) is 23.0 Å². The van der Waals surface area contributed by atoms with Gasteiger partial charge in [0.05, 0.1) is 12.8 Å². The molecule has 19 heavy (non-hydrogen) atoms. The zero-order chi connectivity index (χ0) is 13.2. The number of carbonyl (C=O) groups is 1. The summed E-state index contributed by atoms with van der Waals surface area (Å²) in [6.45, 7) is 1.38. The molecule has 5 nitrogen and oxygen atoms in total. The Morgan fingerprint density at radius 3 is 2.74 bits per heavy atom. The molecule has 0 saturated heterocycles. The quantitative estimate of drug-likeness (QED) is 0.824. The fourth-order valence-corrected chi connectivity index (χ4v) is 3.00. The summed E-state index contributed by atoms with van der Waals surface area (Å²) in [6, 6.07) is 0. The van der Waals surface area contributed by atoms with Crippen molar-refractivity contribution in [3.05, 3.63) is 22.8 Å². The summed E-state index contributed by atoms with van der Waals surface area (Å²) >= 11 is 0. The Bertz CT molecular complexity index is 496. The molecule has 1 N–H and O–H groups in total. The van der Waals surface area contributed by atoms with Crippen molar-refractivity contribution in [2.75, 3.05) is 7.11 Å². The van der Waals surface area contributed by atoms with Crippen LogP contribution in [-0.2, 0) is 17.8 Å². The Labute approximate surface area is 112 Å². The lowest BCUT2D eigenvalue weighted by Crippen LogP contribution is -2.16. The summed E-state index contributed by atoms with van der Waals surface area (Å²) in [5.41, 5.74) is 2.33. The molecule has 1 aromatic rings. The summed E-state index contributed by atoms with van der Waals surface area (Å²) in [4.78, 5) is 21.1. The minimum Gasteiger partial charge on any atom is -0.464 e. The van der Waals surface area contributed by atoms with Gasteiger partial charge in [-0.15, -0.1) is 0 Å². The maximum atomic E-state index is 11.9. The lowest BCUT2D eigenvalue weighted by Gasteiger charge is -2.21. The summed E-state index contributed by atoms with van der Waals surface area (Å²) < 4.78 is 4.85. The van der Waals surface area contributed by atoms with Crippen molar-refractivity contribution >= 4 is 5.97 Å². The van der Waals surface area contributed by atoms with Crippen LogP contribution < -0.4 is 5.32 Å². The number of aromatic nitrogens is 2. The monoisotopic (exact) mass is 261 g/mol. The number of carbonyl (C=O) groups excluding carboxylic acids is 1. The van der Waals surface area contributed by atoms with Crippen molar-refractivity contribution in [1.29, 1.82) is 0 Å². The number of fused-ring (bicyclic) bond motifs is 1. The first kappa shape index (κ1) is 12.5. The maximum absolute atomic E-state index is 11.9. The molecule has 0 bridgehead atoms. The molecule has 2 aliphatic rings. The Hall–Kier alpha value is -1.49. The lowest BCUT2D eigenvalue weighted by molar-refractivity contribution is 0.0592. The molecule has 1 fully saturated rings. The molecule has 0 amide bonds. The smallest absolute Gasteiger partial charge is 0.357 e. The van der Waals surface area contributed by atoms with Crippen LogP contribution in [0.15, 0.2) is 0 Å². The number of nitrogens with zero attached hydrogens (tertiary/aromatic N) is 2. The molecular weight excluding hydrogens is 242 g/mol. The van der Waals surface area contributed by atoms with Gasteiger partial charge in [0.15, 0.2) is 5.69 Å². The van der Waals surface area contributed by atoms with E-state index in [0.717, 1.165) is 36.5 Å². The first-order valence-electron chi connectivity index (χ1n) is 6.98. The summed E-state index contributed by atoms with van der Waals surface area (Å²) in [5, 5.41) is 3.23. The van der Waals surface area contributed by atoms with Crippen LogP contribution >= 0.6 is 0 Å². The average molecular weight is 261 g/mol. The van der Waals surface area contributed by atoms with E-state index < -0.39 is 0 Å². The fourth-order valence-electron chi connectivity index (χ4n) is 3.00. The molecule has 0 spiro atoms. The van der Waals surface area contributed by atoms with Crippen molar-refractivity contribution < 1.29 is 9.53 Å². The number of ether oxygens (including phenoxy) is 1. The zero-order valence-corrected chi connectivity index (χ0v) is 11.2. The fraction of sp³-hybridized carbons (Fsp3) is 0.643. The predicted octanol–water partition coefficient (Wildman–Crippen LogP) is 1.91. The van der Waals surface area contributed by atoms with Gasteiger partial charge >= 0.3 is 5.97 Å². The molecule has 0 radical (unpaired) electrons. The van der Waals surface area contributed by atoms with E-state index in [1.165, 1.54) is 26.4 Å². The van der Waals surface area contributed by atoms with Crippen LogP contribution in [0.25, 0.3) is 0 Å². The molecule has 3 rings (SSSR count). The molecule has 0 atom stereocenters. The second-order valence-corrected chi connectivity index (χ2v) is 5.29. The molecule has 1 saturated carbocycles. The highest BCUT2D eigenvalue weighted by atomic mass is 16.5. The highest BCUT2D eigenvalue weighted by molar-refractivity contribution is 5.89. The second-order valence-electron chi connectivity index (χ2n) is 5.29. The molecule has 1 aliphatic carbocycles. The van der Waals surface area contributed by atoms with E-state index in [-0.39, 0.29) is 5.97 Å². The van der Waals surface area contributed by atoms with Gasteiger partial charge in [0, 0.05) is 24.6 Å². The van der Waals surface area contributed by atoms with Crippen molar-refractivity contribution in [3.63, 3.8) is 0 Å². The number of methoxy groups -OCH3 is 1. The first-order valence-corrected chi connectivity index (χ1v) is 6.98. The third kappa shape index (κ3) is 2.34. The van der Waals surface area contributed by atoms with Crippen LogP contribution in [0, 0.1) is 0 Å². The van der Waals surface area contributed by atoms with E-state index >= 15 is 0 Å². The van der Waals surface area contributed by atoms with Crippen molar-refractivity contribution in [2.24, 2.45) is 0 Å². The van der Waals surface area contributed by atoms with Crippen molar-refractivity contribution in [3.8, 4) is 0 Å². The Balaban J connectivity index is 1.99. The van der Waals surface area contributed by atoms with Crippen LogP contribution in [0.3, 0.4) is 0 Å². The molecule has 1 aromatic heterocycles. The minimum atomic E-state index is -0.348. The largest absolute Gasteiger partial charge is 0.464 e. The van der Waals surface area contributed by atoms with Crippen LogP contribution in [0.1, 0.15) is 65.6 Å². The zero-order valence-electron chi connectivity index (χ0n) is 11.2. The Morgan fingerprint density at radius 1 is 1.21 bits per heavy atom. The number of hydrogen-bond acceptors (Lipinski definition) is 5. The van der Waals surface area contributed by atoms with Crippen molar-refractivity contribution in [2.45, 2.75) is 51.1 Å². The molecule has 2 heterocycles. The van der Waals surface area contributed by atoms with Gasteiger partial charge < -0.3 is 10.1 Å². The third-order valence-corrected chi connectivity index (χ3v) is 4.05. The highest BCUT2D eigenvalue weighted by Crippen LogP contribution is 2.32. The first-order chi connectivity index (χ1) is 9.29. The molecule has 5 heteroatoms. The van der Waals surface area contributed by atoms with Gasteiger partial charge in [0.25, 0.3) is 0 Å². The topological polar surface area (TPSA) is 64.1 Å². The lowest BCUT2D eigenvalue weighted by atomic mass is 9.88. The number of rotatable bonds is 2. The molecule has 0 aromatic carbocycles. The van der Waals surface area contributed by atoms with Crippen LogP contribution in [0.2, 0.25) is 0 Å². The van der Waals surface area contributed by atoms with E-state index in [0.29, 0.717) is 18.2 Å². The number of hydrogen-bond donors (Lipinski definition) is 1. The highest BCUT2D eigenvalue weighted by Gasteiger charge is 2.27. The Kier molecular flexibility index (Phi) is 3.46. The standard InChI is InChI=1S/C14H19N3O2/c1-19-14(18)12-10-7-15-8-11(10)16-13(17-12)9-5-3-2-4-6-9/h9,15H,2-8H2,1H3. The normalized spacial score (nSPS) is 19.2. The summed E-state index contributed by atoms with van der Waals surface area (Å²) in [5.74, 6) is 0.894. The van der Waals surface area contributed by atoms with Crippen LogP contribution in [0.5, 0.6) is 0 Å². The van der Waals surface area contributed by atoms with Gasteiger partial charge in [0.1, 0.15) is 5.82 Å².